The van der Waals surface area contributed by atoms with Gasteiger partial charge in [0, 0.05) is 35.8 Å². The van der Waals surface area contributed by atoms with E-state index in [0.717, 1.165) is 18.4 Å². The smallest absolute Gasteiger partial charge is 0.259 e. The van der Waals surface area contributed by atoms with Crippen molar-refractivity contribution in [3.63, 3.8) is 0 Å². The molecule has 132 valence electrons. The summed E-state index contributed by atoms with van der Waals surface area (Å²) in [4.78, 5) is 28.5. The number of benzene rings is 1. The SMILES string of the molecule is C=C1c2ccccc2C(=O)N1CC(=O)N1CCC(C2OCCO2)CC1. The predicted molar refractivity (Wildman–Crippen MR) is 91.5 cm³/mol. The van der Waals surface area contributed by atoms with Crippen molar-refractivity contribution in [3.8, 4) is 0 Å². The Kier molecular flexibility index (Phi) is 4.31. The summed E-state index contributed by atoms with van der Waals surface area (Å²) in [6.45, 7) is 6.70. The zero-order valence-electron chi connectivity index (χ0n) is 14.1. The van der Waals surface area contributed by atoms with E-state index in [0.29, 0.717) is 43.5 Å². The van der Waals surface area contributed by atoms with Gasteiger partial charge in [-0.05, 0) is 18.9 Å². The maximum atomic E-state index is 12.7. The minimum atomic E-state index is -0.142. The number of hydrogen-bond acceptors (Lipinski definition) is 4. The van der Waals surface area contributed by atoms with Crippen molar-refractivity contribution in [2.75, 3.05) is 32.8 Å². The lowest BCUT2D eigenvalue weighted by Crippen LogP contribution is -2.45. The molecule has 6 heteroatoms. The van der Waals surface area contributed by atoms with Gasteiger partial charge in [0.2, 0.25) is 5.91 Å². The second kappa shape index (κ2) is 6.61. The molecule has 1 aromatic carbocycles. The van der Waals surface area contributed by atoms with E-state index in [2.05, 4.69) is 6.58 Å². The van der Waals surface area contributed by atoms with Gasteiger partial charge in [-0.3, -0.25) is 14.5 Å². The van der Waals surface area contributed by atoms with Crippen molar-refractivity contribution < 1.29 is 19.1 Å². The molecule has 0 spiro atoms. The zero-order chi connectivity index (χ0) is 17.4. The quantitative estimate of drug-likeness (QED) is 0.839. The van der Waals surface area contributed by atoms with Crippen LogP contribution in [0.1, 0.15) is 28.8 Å². The van der Waals surface area contributed by atoms with Crippen molar-refractivity contribution in [3.05, 3.63) is 42.0 Å². The Morgan fingerprint density at radius 2 is 1.76 bits per heavy atom. The molecule has 6 nitrogen and oxygen atoms in total. The third-order valence-electron chi connectivity index (χ3n) is 5.26. The summed E-state index contributed by atoms with van der Waals surface area (Å²) < 4.78 is 11.1. The van der Waals surface area contributed by atoms with E-state index in [4.69, 9.17) is 9.47 Å². The number of likely N-dealkylation sites (tertiary alicyclic amines) is 1. The van der Waals surface area contributed by atoms with Crippen LogP contribution in [0.3, 0.4) is 0 Å². The summed E-state index contributed by atoms with van der Waals surface area (Å²) in [5.74, 6) is 0.171. The van der Waals surface area contributed by atoms with Crippen molar-refractivity contribution in [2.24, 2.45) is 5.92 Å². The number of amides is 2. The molecule has 1 aromatic rings. The molecule has 3 aliphatic rings. The van der Waals surface area contributed by atoms with E-state index in [1.165, 1.54) is 4.90 Å². The molecular formula is C19H22N2O4. The van der Waals surface area contributed by atoms with Crippen molar-refractivity contribution in [1.82, 2.24) is 9.80 Å². The normalized spacial score (nSPS) is 21.9. The Balaban J connectivity index is 1.35. The number of carbonyl (C=O) groups is 2. The monoisotopic (exact) mass is 342 g/mol. The van der Waals surface area contributed by atoms with E-state index in [1.807, 2.05) is 23.1 Å². The fourth-order valence-electron chi connectivity index (χ4n) is 3.81. The minimum absolute atomic E-state index is 0.0333. The first-order valence-corrected chi connectivity index (χ1v) is 8.76. The number of fused-ring (bicyclic) bond motifs is 1. The van der Waals surface area contributed by atoms with Gasteiger partial charge >= 0.3 is 0 Å². The Bertz CT molecular complexity index is 668. The molecule has 2 fully saturated rings. The third kappa shape index (κ3) is 2.96. The van der Waals surface area contributed by atoms with Gasteiger partial charge < -0.3 is 14.4 Å². The Morgan fingerprint density at radius 1 is 1.12 bits per heavy atom. The number of carbonyl (C=O) groups excluding carboxylic acids is 2. The third-order valence-corrected chi connectivity index (χ3v) is 5.26. The second-order valence-electron chi connectivity index (χ2n) is 6.71. The highest BCUT2D eigenvalue weighted by molar-refractivity contribution is 6.10. The summed E-state index contributed by atoms with van der Waals surface area (Å²) >= 11 is 0. The lowest BCUT2D eigenvalue weighted by atomic mass is 9.96. The van der Waals surface area contributed by atoms with Crippen LogP contribution in [0, 0.1) is 5.92 Å². The fourth-order valence-corrected chi connectivity index (χ4v) is 3.81. The van der Waals surface area contributed by atoms with Crippen molar-refractivity contribution >= 4 is 17.5 Å². The Hall–Kier alpha value is -2.18. The topological polar surface area (TPSA) is 59.1 Å². The number of ether oxygens (including phenoxy) is 2. The molecule has 0 unspecified atom stereocenters. The lowest BCUT2D eigenvalue weighted by molar-refractivity contribution is -0.136. The summed E-state index contributed by atoms with van der Waals surface area (Å²) in [5, 5.41) is 0. The van der Waals surface area contributed by atoms with E-state index in [9.17, 15) is 9.59 Å². The molecule has 0 aliphatic carbocycles. The van der Waals surface area contributed by atoms with Crippen LogP contribution in [0.4, 0.5) is 0 Å². The highest BCUT2D eigenvalue weighted by Crippen LogP contribution is 2.31. The average molecular weight is 342 g/mol. The standard InChI is InChI=1S/C19H22N2O4/c1-13-15-4-2-3-5-16(15)18(23)21(13)12-17(22)20-8-6-14(7-9-20)19-24-10-11-25-19/h2-5,14,19H,1,6-12H2. The number of piperidine rings is 1. The highest BCUT2D eigenvalue weighted by Gasteiger charge is 2.35. The van der Waals surface area contributed by atoms with Gasteiger partial charge in [-0.15, -0.1) is 0 Å². The first-order valence-electron chi connectivity index (χ1n) is 8.76. The molecule has 0 aromatic heterocycles. The molecule has 25 heavy (non-hydrogen) atoms. The highest BCUT2D eigenvalue weighted by atomic mass is 16.7. The van der Waals surface area contributed by atoms with Gasteiger partial charge in [-0.25, -0.2) is 0 Å². The number of rotatable bonds is 3. The average Bonchev–Trinajstić information content (AvgIpc) is 3.26. The van der Waals surface area contributed by atoms with E-state index in [1.54, 1.807) is 6.07 Å². The fraction of sp³-hybridized carbons (Fsp3) is 0.474. The van der Waals surface area contributed by atoms with Gasteiger partial charge in [-0.2, -0.15) is 0 Å². The molecule has 0 radical (unpaired) electrons. The molecule has 2 amide bonds. The molecule has 4 rings (SSSR count). The van der Waals surface area contributed by atoms with E-state index >= 15 is 0 Å². The molecule has 0 saturated carbocycles. The van der Waals surface area contributed by atoms with Crippen molar-refractivity contribution in [1.29, 1.82) is 0 Å². The van der Waals surface area contributed by atoms with Crippen LogP contribution in [0.15, 0.2) is 30.8 Å². The van der Waals surface area contributed by atoms with Crippen LogP contribution < -0.4 is 0 Å². The minimum Gasteiger partial charge on any atom is -0.350 e. The van der Waals surface area contributed by atoms with Gasteiger partial charge in [0.15, 0.2) is 6.29 Å². The van der Waals surface area contributed by atoms with Crippen LogP contribution in [0.5, 0.6) is 0 Å². The van der Waals surface area contributed by atoms with Crippen LogP contribution in [0.25, 0.3) is 5.70 Å². The van der Waals surface area contributed by atoms with Gasteiger partial charge in [-0.1, -0.05) is 24.8 Å². The Morgan fingerprint density at radius 3 is 2.40 bits per heavy atom. The Labute approximate surface area is 147 Å². The first-order chi connectivity index (χ1) is 12.1. The maximum Gasteiger partial charge on any atom is 0.259 e. The summed E-state index contributed by atoms with van der Waals surface area (Å²) in [7, 11) is 0. The molecule has 3 heterocycles. The van der Waals surface area contributed by atoms with Crippen LogP contribution in [-0.4, -0.2) is 60.8 Å². The molecule has 0 bridgehead atoms. The van der Waals surface area contributed by atoms with Gasteiger partial charge in [0.05, 0.1) is 13.2 Å². The molecule has 3 aliphatic heterocycles. The second-order valence-corrected chi connectivity index (χ2v) is 6.71. The largest absolute Gasteiger partial charge is 0.350 e. The summed E-state index contributed by atoms with van der Waals surface area (Å²) in [6, 6.07) is 7.35. The number of nitrogens with zero attached hydrogens (tertiary/aromatic N) is 2. The summed E-state index contributed by atoms with van der Waals surface area (Å²) in [5.41, 5.74) is 2.04. The van der Waals surface area contributed by atoms with Gasteiger partial charge in [0.1, 0.15) is 6.54 Å². The van der Waals surface area contributed by atoms with Gasteiger partial charge in [0.25, 0.3) is 5.91 Å². The van der Waals surface area contributed by atoms with E-state index in [-0.39, 0.29) is 24.6 Å². The van der Waals surface area contributed by atoms with Crippen LogP contribution in [0.2, 0.25) is 0 Å². The molecular weight excluding hydrogens is 320 g/mol. The van der Waals surface area contributed by atoms with E-state index < -0.39 is 0 Å². The number of hydrogen-bond donors (Lipinski definition) is 0. The molecule has 0 N–H and O–H groups in total. The predicted octanol–water partition coefficient (Wildman–Crippen LogP) is 1.72. The first kappa shape index (κ1) is 16.3. The molecule has 2 saturated heterocycles. The zero-order valence-corrected chi connectivity index (χ0v) is 14.1. The van der Waals surface area contributed by atoms with Crippen LogP contribution >= 0.6 is 0 Å². The summed E-state index contributed by atoms with van der Waals surface area (Å²) in [6.07, 6.45) is 1.61. The molecule has 0 atom stereocenters. The maximum absolute atomic E-state index is 12.7. The van der Waals surface area contributed by atoms with Crippen molar-refractivity contribution in [2.45, 2.75) is 19.1 Å². The van der Waals surface area contributed by atoms with Crippen LogP contribution in [-0.2, 0) is 14.3 Å². The lowest BCUT2D eigenvalue weighted by Gasteiger charge is -2.34.